The van der Waals surface area contributed by atoms with Crippen molar-refractivity contribution in [3.8, 4) is 0 Å². The Bertz CT molecular complexity index is 45.5. The van der Waals surface area contributed by atoms with E-state index in [2.05, 4.69) is 12.6 Å². The van der Waals surface area contributed by atoms with Gasteiger partial charge in [-0.2, -0.15) is 12.6 Å². The van der Waals surface area contributed by atoms with Crippen LogP contribution in [0.5, 0.6) is 0 Å². The van der Waals surface area contributed by atoms with Crippen LogP contribution in [0.4, 0.5) is 0 Å². The van der Waals surface area contributed by atoms with Crippen LogP contribution in [0, 0.1) is 0 Å². The molecule has 0 heterocycles. The Morgan fingerprint density at radius 1 is 1.11 bits per heavy atom. The van der Waals surface area contributed by atoms with Crippen LogP contribution in [0.3, 0.4) is 0 Å². The first kappa shape index (κ1) is 9.23. The highest BCUT2D eigenvalue weighted by atomic mass is 32.1. The predicted molar refractivity (Wildman–Crippen MR) is 37.7 cm³/mol. The maximum atomic E-state index is 8.24. The van der Waals surface area contributed by atoms with Crippen molar-refractivity contribution in [3.63, 3.8) is 0 Å². The van der Waals surface area contributed by atoms with Gasteiger partial charge in [0.05, 0.1) is 32.4 Å². The van der Waals surface area contributed by atoms with Gasteiger partial charge in [-0.1, -0.05) is 0 Å². The van der Waals surface area contributed by atoms with E-state index in [-0.39, 0.29) is 6.61 Å². The van der Waals surface area contributed by atoms with Gasteiger partial charge < -0.3 is 14.6 Å². The fourth-order valence-electron chi connectivity index (χ4n) is 0.349. The molecule has 4 heteroatoms. The zero-order valence-electron chi connectivity index (χ0n) is 5.25. The minimum Gasteiger partial charge on any atom is -0.394 e. The van der Waals surface area contributed by atoms with Gasteiger partial charge in [0.15, 0.2) is 0 Å². The number of hydrogen-bond acceptors (Lipinski definition) is 4. The summed E-state index contributed by atoms with van der Waals surface area (Å²) in [6.07, 6.45) is 0. The quantitative estimate of drug-likeness (QED) is 0.317. The van der Waals surface area contributed by atoms with E-state index < -0.39 is 0 Å². The average molecular weight is 152 g/mol. The normalized spacial score (nSPS) is 10.0. The minimum atomic E-state index is 0.0703. The summed E-state index contributed by atoms with van der Waals surface area (Å²) < 4.78 is 9.71. The molecule has 0 atom stereocenters. The Morgan fingerprint density at radius 3 is 2.33 bits per heavy atom. The molecule has 0 aliphatic rings. The van der Waals surface area contributed by atoms with E-state index in [1.54, 1.807) is 0 Å². The number of ether oxygens (including phenoxy) is 2. The lowest BCUT2D eigenvalue weighted by molar-refractivity contribution is 0.0466. The maximum absolute atomic E-state index is 8.24. The van der Waals surface area contributed by atoms with E-state index >= 15 is 0 Å². The third-order valence-electron chi connectivity index (χ3n) is 0.699. The molecule has 0 bridgehead atoms. The fourth-order valence-corrected chi connectivity index (χ4v) is 0.478. The van der Waals surface area contributed by atoms with Crippen LogP contribution in [0.15, 0.2) is 0 Å². The zero-order valence-corrected chi connectivity index (χ0v) is 6.14. The van der Waals surface area contributed by atoms with Crippen LogP contribution in [-0.2, 0) is 9.47 Å². The predicted octanol–water partition coefficient (Wildman–Crippen LogP) is -0.101. The van der Waals surface area contributed by atoms with Crippen molar-refractivity contribution in [1.29, 1.82) is 0 Å². The van der Waals surface area contributed by atoms with Crippen LogP contribution >= 0.6 is 12.6 Å². The lowest BCUT2D eigenvalue weighted by atomic mass is 10.7. The number of aliphatic hydroxyl groups excluding tert-OH is 1. The molecule has 0 aliphatic carbocycles. The number of hydrogen-bond donors (Lipinski definition) is 2. The van der Waals surface area contributed by atoms with Gasteiger partial charge in [-0.05, 0) is 0 Å². The van der Waals surface area contributed by atoms with Crippen LogP contribution in [-0.4, -0.2) is 37.5 Å². The van der Waals surface area contributed by atoms with E-state index in [0.717, 1.165) is 0 Å². The molecule has 0 aromatic rings. The highest BCUT2D eigenvalue weighted by Gasteiger charge is 1.84. The summed E-state index contributed by atoms with van der Waals surface area (Å²) in [5, 5.41) is 8.24. The third-order valence-corrected chi connectivity index (χ3v) is 0.881. The zero-order chi connectivity index (χ0) is 6.95. The molecule has 0 aliphatic heterocycles. The molecule has 0 unspecified atom stereocenters. The molecule has 0 aromatic heterocycles. The van der Waals surface area contributed by atoms with E-state index in [0.29, 0.717) is 25.8 Å². The van der Waals surface area contributed by atoms with Crippen molar-refractivity contribution in [3.05, 3.63) is 0 Å². The average Bonchev–Trinajstić information content (AvgIpc) is 1.89. The fraction of sp³-hybridized carbons (Fsp3) is 1.00. The molecule has 9 heavy (non-hydrogen) atoms. The molecule has 0 saturated carbocycles. The third kappa shape index (κ3) is 8.23. The summed E-state index contributed by atoms with van der Waals surface area (Å²) in [4.78, 5) is 0. The number of thiol groups is 1. The SMILES string of the molecule is OCCOCCOCS. The van der Waals surface area contributed by atoms with Crippen LogP contribution < -0.4 is 0 Å². The molecule has 0 saturated heterocycles. The second-order valence-electron chi connectivity index (χ2n) is 1.37. The van der Waals surface area contributed by atoms with Gasteiger partial charge in [0.2, 0.25) is 0 Å². The summed E-state index contributed by atoms with van der Waals surface area (Å²) in [6.45, 7) is 1.53. The Labute approximate surface area is 60.4 Å². The topological polar surface area (TPSA) is 38.7 Å². The van der Waals surface area contributed by atoms with Crippen molar-refractivity contribution in [2.24, 2.45) is 0 Å². The first-order valence-electron chi connectivity index (χ1n) is 2.79. The molecule has 0 rings (SSSR count). The second kappa shape index (κ2) is 8.23. The molecular weight excluding hydrogens is 140 g/mol. The smallest absolute Gasteiger partial charge is 0.0893 e. The first-order valence-corrected chi connectivity index (χ1v) is 3.42. The van der Waals surface area contributed by atoms with Gasteiger partial charge >= 0.3 is 0 Å². The summed E-state index contributed by atoms with van der Waals surface area (Å²) in [5.41, 5.74) is 0. The largest absolute Gasteiger partial charge is 0.394 e. The van der Waals surface area contributed by atoms with Crippen molar-refractivity contribution < 1.29 is 14.6 Å². The van der Waals surface area contributed by atoms with Gasteiger partial charge in [-0.15, -0.1) is 0 Å². The van der Waals surface area contributed by atoms with Crippen molar-refractivity contribution >= 4 is 12.6 Å². The lowest BCUT2D eigenvalue weighted by Crippen LogP contribution is -2.06. The molecule has 0 spiro atoms. The Morgan fingerprint density at radius 2 is 1.78 bits per heavy atom. The van der Waals surface area contributed by atoms with Crippen LogP contribution in [0.25, 0.3) is 0 Å². The molecule has 0 aromatic carbocycles. The Balaban J connectivity index is 2.60. The molecule has 0 radical (unpaired) electrons. The standard InChI is InChI=1S/C5H12O3S/c6-1-2-7-3-4-8-5-9/h6,9H,1-5H2. The van der Waals surface area contributed by atoms with Crippen molar-refractivity contribution in [2.75, 3.05) is 32.4 Å². The summed E-state index contributed by atoms with van der Waals surface area (Å²) >= 11 is 3.82. The molecule has 0 amide bonds. The minimum absolute atomic E-state index is 0.0703. The van der Waals surface area contributed by atoms with Gasteiger partial charge in [-0.3, -0.25) is 0 Å². The van der Waals surface area contributed by atoms with Gasteiger partial charge in [-0.25, -0.2) is 0 Å². The lowest BCUT2D eigenvalue weighted by Gasteiger charge is -2.00. The highest BCUT2D eigenvalue weighted by molar-refractivity contribution is 7.80. The first-order chi connectivity index (χ1) is 4.41. The number of aliphatic hydroxyl groups is 1. The van der Waals surface area contributed by atoms with Crippen molar-refractivity contribution in [1.82, 2.24) is 0 Å². The maximum Gasteiger partial charge on any atom is 0.0893 e. The van der Waals surface area contributed by atoms with Crippen LogP contribution in [0.1, 0.15) is 0 Å². The molecule has 1 N–H and O–H groups in total. The number of rotatable bonds is 6. The van der Waals surface area contributed by atoms with Crippen LogP contribution in [0.2, 0.25) is 0 Å². The molecular formula is C5H12O3S. The van der Waals surface area contributed by atoms with Gasteiger partial charge in [0.1, 0.15) is 0 Å². The van der Waals surface area contributed by atoms with E-state index in [4.69, 9.17) is 14.6 Å². The Kier molecular flexibility index (Phi) is 8.44. The van der Waals surface area contributed by atoms with Crippen molar-refractivity contribution in [2.45, 2.75) is 0 Å². The molecule has 0 fully saturated rings. The summed E-state index contributed by atoms with van der Waals surface area (Å²) in [5.74, 6) is 0.419. The van der Waals surface area contributed by atoms with E-state index in [1.165, 1.54) is 0 Å². The van der Waals surface area contributed by atoms with Gasteiger partial charge in [0, 0.05) is 0 Å². The summed E-state index contributed by atoms with van der Waals surface area (Å²) in [7, 11) is 0. The second-order valence-corrected chi connectivity index (χ2v) is 1.63. The summed E-state index contributed by atoms with van der Waals surface area (Å²) in [6, 6.07) is 0. The monoisotopic (exact) mass is 152 g/mol. The van der Waals surface area contributed by atoms with Gasteiger partial charge in [0.25, 0.3) is 0 Å². The van der Waals surface area contributed by atoms with E-state index in [1.807, 2.05) is 0 Å². The Hall–Kier alpha value is 0.230. The molecule has 56 valence electrons. The highest BCUT2D eigenvalue weighted by Crippen LogP contribution is 1.79. The molecule has 3 nitrogen and oxygen atoms in total. The van der Waals surface area contributed by atoms with E-state index in [9.17, 15) is 0 Å².